The number of nitro benzene ring substituents is 1. The Balaban J connectivity index is 1.96. The molecule has 0 radical (unpaired) electrons. The van der Waals surface area contributed by atoms with Crippen LogP contribution in [-0.2, 0) is 0 Å². The minimum atomic E-state index is -0.431. The molecule has 1 aromatic heterocycles. The summed E-state index contributed by atoms with van der Waals surface area (Å²) >= 11 is 0. The maximum Gasteiger partial charge on any atom is 0.293 e. The predicted molar refractivity (Wildman–Crippen MR) is 92.7 cm³/mol. The summed E-state index contributed by atoms with van der Waals surface area (Å²) < 4.78 is 10.4. The van der Waals surface area contributed by atoms with E-state index in [2.05, 4.69) is 10.1 Å². The average Bonchev–Trinajstić information content (AvgIpc) is 3.11. The number of nitro groups is 1. The third-order valence-electron chi connectivity index (χ3n) is 3.68. The molecule has 0 N–H and O–H groups in total. The summed E-state index contributed by atoms with van der Waals surface area (Å²) in [6.45, 7) is 0. The number of hydrogen-bond donors (Lipinski definition) is 0. The third kappa shape index (κ3) is 3.27. The summed E-state index contributed by atoms with van der Waals surface area (Å²) in [5.74, 6) is 1.35. The van der Waals surface area contributed by atoms with Gasteiger partial charge in [-0.1, -0.05) is 5.16 Å². The van der Waals surface area contributed by atoms with E-state index in [-0.39, 0.29) is 11.6 Å². The number of benzene rings is 2. The lowest BCUT2D eigenvalue weighted by Gasteiger charge is -2.12. The molecule has 0 amide bonds. The minimum Gasteiger partial charge on any atom is -0.497 e. The van der Waals surface area contributed by atoms with Crippen molar-refractivity contribution in [2.45, 2.75) is 0 Å². The van der Waals surface area contributed by atoms with Crippen molar-refractivity contribution in [2.24, 2.45) is 0 Å². The molecule has 8 heteroatoms. The normalized spacial score (nSPS) is 10.5. The Morgan fingerprint density at radius 2 is 1.80 bits per heavy atom. The number of anilines is 1. The highest BCUT2D eigenvalue weighted by Gasteiger charge is 2.19. The van der Waals surface area contributed by atoms with Crippen LogP contribution >= 0.6 is 0 Å². The maximum absolute atomic E-state index is 11.3. The Kier molecular flexibility index (Phi) is 4.34. The van der Waals surface area contributed by atoms with Gasteiger partial charge in [0.1, 0.15) is 11.4 Å². The van der Waals surface area contributed by atoms with Gasteiger partial charge in [-0.25, -0.2) is 0 Å². The summed E-state index contributed by atoms with van der Waals surface area (Å²) in [5, 5.41) is 15.2. The van der Waals surface area contributed by atoms with E-state index in [4.69, 9.17) is 9.26 Å². The van der Waals surface area contributed by atoms with Crippen LogP contribution in [0.3, 0.4) is 0 Å². The highest BCUT2D eigenvalue weighted by atomic mass is 16.6. The van der Waals surface area contributed by atoms with Crippen molar-refractivity contribution in [1.82, 2.24) is 10.1 Å². The smallest absolute Gasteiger partial charge is 0.293 e. The second-order valence-corrected chi connectivity index (χ2v) is 5.51. The molecule has 25 heavy (non-hydrogen) atoms. The largest absolute Gasteiger partial charge is 0.497 e. The van der Waals surface area contributed by atoms with Crippen LogP contribution in [0.1, 0.15) is 0 Å². The minimum absolute atomic E-state index is 0.0216. The van der Waals surface area contributed by atoms with E-state index in [9.17, 15) is 10.1 Å². The molecule has 3 rings (SSSR count). The van der Waals surface area contributed by atoms with Crippen molar-refractivity contribution in [3.63, 3.8) is 0 Å². The lowest BCUT2D eigenvalue weighted by Crippen LogP contribution is -2.10. The number of ether oxygens (including phenoxy) is 1. The molecule has 2 aromatic carbocycles. The lowest BCUT2D eigenvalue weighted by molar-refractivity contribution is -0.384. The zero-order chi connectivity index (χ0) is 18.0. The van der Waals surface area contributed by atoms with E-state index in [0.29, 0.717) is 17.1 Å². The van der Waals surface area contributed by atoms with Gasteiger partial charge in [0.25, 0.3) is 11.6 Å². The van der Waals surface area contributed by atoms with Crippen LogP contribution in [0.5, 0.6) is 5.75 Å². The van der Waals surface area contributed by atoms with E-state index >= 15 is 0 Å². The van der Waals surface area contributed by atoms with Crippen molar-refractivity contribution < 1.29 is 14.2 Å². The molecule has 8 nitrogen and oxygen atoms in total. The Morgan fingerprint density at radius 1 is 1.12 bits per heavy atom. The Morgan fingerprint density at radius 3 is 2.40 bits per heavy atom. The fourth-order valence-corrected chi connectivity index (χ4v) is 2.38. The van der Waals surface area contributed by atoms with Gasteiger partial charge >= 0.3 is 0 Å². The number of rotatable bonds is 5. The van der Waals surface area contributed by atoms with Crippen LogP contribution in [0.25, 0.3) is 22.8 Å². The molecule has 0 unspecified atom stereocenters. The molecule has 0 spiro atoms. The van der Waals surface area contributed by atoms with Crippen molar-refractivity contribution in [3.05, 3.63) is 52.6 Å². The second kappa shape index (κ2) is 6.60. The molecule has 3 aromatic rings. The number of methoxy groups -OCH3 is 1. The first kappa shape index (κ1) is 16.4. The van der Waals surface area contributed by atoms with Gasteiger partial charge in [-0.15, -0.1) is 0 Å². The van der Waals surface area contributed by atoms with Crippen molar-refractivity contribution in [2.75, 3.05) is 26.1 Å². The fraction of sp³-hybridized carbons (Fsp3) is 0.176. The molecule has 128 valence electrons. The molecule has 0 aliphatic heterocycles. The number of nitrogens with zero attached hydrogens (tertiary/aromatic N) is 4. The van der Waals surface area contributed by atoms with E-state index in [1.54, 1.807) is 50.4 Å². The highest BCUT2D eigenvalue weighted by molar-refractivity contribution is 5.71. The van der Waals surface area contributed by atoms with E-state index in [0.717, 1.165) is 11.3 Å². The zero-order valence-electron chi connectivity index (χ0n) is 14.0. The van der Waals surface area contributed by atoms with Crippen LogP contribution in [0, 0.1) is 10.1 Å². The van der Waals surface area contributed by atoms with Crippen molar-refractivity contribution in [3.8, 4) is 28.6 Å². The summed E-state index contributed by atoms with van der Waals surface area (Å²) in [6, 6.07) is 12.0. The van der Waals surface area contributed by atoms with Crippen LogP contribution in [0.4, 0.5) is 11.4 Å². The summed E-state index contributed by atoms with van der Waals surface area (Å²) in [5.41, 5.74) is 1.73. The zero-order valence-corrected chi connectivity index (χ0v) is 14.0. The molecule has 0 aliphatic carbocycles. The molecule has 0 fully saturated rings. The number of aromatic nitrogens is 2. The van der Waals surface area contributed by atoms with Crippen LogP contribution in [0.2, 0.25) is 0 Å². The Labute approximate surface area is 143 Å². The first-order valence-corrected chi connectivity index (χ1v) is 7.44. The third-order valence-corrected chi connectivity index (χ3v) is 3.68. The summed E-state index contributed by atoms with van der Waals surface area (Å²) in [4.78, 5) is 16.9. The van der Waals surface area contributed by atoms with Gasteiger partial charge in [0.15, 0.2) is 0 Å². The highest BCUT2D eigenvalue weighted by Crippen LogP contribution is 2.32. The van der Waals surface area contributed by atoms with Crippen LogP contribution in [-0.4, -0.2) is 36.3 Å². The molecular weight excluding hydrogens is 324 g/mol. The molecule has 0 aliphatic rings. The van der Waals surface area contributed by atoms with Crippen molar-refractivity contribution >= 4 is 11.4 Å². The van der Waals surface area contributed by atoms with Gasteiger partial charge in [-0.05, 0) is 36.4 Å². The summed E-state index contributed by atoms with van der Waals surface area (Å²) in [7, 11) is 5.08. The quantitative estimate of drug-likeness (QED) is 0.519. The van der Waals surface area contributed by atoms with Gasteiger partial charge in [-0.2, -0.15) is 4.98 Å². The van der Waals surface area contributed by atoms with Gasteiger partial charge in [0, 0.05) is 31.3 Å². The van der Waals surface area contributed by atoms with Gasteiger partial charge in [-0.3, -0.25) is 10.1 Å². The van der Waals surface area contributed by atoms with Crippen LogP contribution < -0.4 is 9.64 Å². The van der Waals surface area contributed by atoms with Crippen molar-refractivity contribution in [1.29, 1.82) is 0 Å². The standard InChI is InChI=1S/C17H16N4O4/c1-20(2)14-9-6-12(10-15(14)21(22)23)17-18-16(19-25-17)11-4-7-13(24-3)8-5-11/h4-10H,1-3H3. The second-order valence-electron chi connectivity index (χ2n) is 5.51. The van der Waals surface area contributed by atoms with E-state index in [1.165, 1.54) is 6.07 Å². The van der Waals surface area contributed by atoms with Gasteiger partial charge in [0.05, 0.1) is 12.0 Å². The van der Waals surface area contributed by atoms with Gasteiger partial charge < -0.3 is 14.2 Å². The average molecular weight is 340 g/mol. The Bertz CT molecular complexity index is 903. The van der Waals surface area contributed by atoms with E-state index in [1.807, 2.05) is 12.1 Å². The lowest BCUT2D eigenvalue weighted by atomic mass is 10.1. The molecule has 0 atom stereocenters. The van der Waals surface area contributed by atoms with Gasteiger partial charge in [0.2, 0.25) is 5.82 Å². The SMILES string of the molecule is COc1ccc(-c2noc(-c3ccc(N(C)C)c([N+](=O)[O-])c3)n2)cc1. The molecule has 1 heterocycles. The first-order valence-electron chi connectivity index (χ1n) is 7.44. The molecule has 0 bridgehead atoms. The maximum atomic E-state index is 11.3. The molecule has 0 saturated heterocycles. The fourth-order valence-electron chi connectivity index (χ4n) is 2.38. The van der Waals surface area contributed by atoms with Crippen LogP contribution in [0.15, 0.2) is 47.0 Å². The monoisotopic (exact) mass is 340 g/mol. The Hall–Kier alpha value is -3.42. The first-order chi connectivity index (χ1) is 12.0. The van der Waals surface area contributed by atoms with E-state index < -0.39 is 4.92 Å². The molecule has 0 saturated carbocycles. The topological polar surface area (TPSA) is 94.5 Å². The predicted octanol–water partition coefficient (Wildman–Crippen LogP) is 3.39. The number of hydrogen-bond acceptors (Lipinski definition) is 7. The molecular formula is C17H16N4O4. The summed E-state index contributed by atoms with van der Waals surface area (Å²) in [6.07, 6.45) is 0.